The number of carbonyl (C=O) groups is 2. The van der Waals surface area contributed by atoms with Gasteiger partial charge in [0.1, 0.15) is 6.54 Å². The van der Waals surface area contributed by atoms with Crippen molar-refractivity contribution in [3.8, 4) is 0 Å². The molecule has 1 unspecified atom stereocenters. The lowest BCUT2D eigenvalue weighted by atomic mass is 9.81. The Morgan fingerprint density at radius 2 is 2.19 bits per heavy atom. The second kappa shape index (κ2) is 5.30. The summed E-state index contributed by atoms with van der Waals surface area (Å²) in [5.74, 6) is -0.381. The Bertz CT molecular complexity index is 272. The van der Waals surface area contributed by atoms with E-state index in [0.29, 0.717) is 6.54 Å². The second-order valence-electron chi connectivity index (χ2n) is 4.58. The summed E-state index contributed by atoms with van der Waals surface area (Å²) in [4.78, 5) is 24.7. The fourth-order valence-electron chi connectivity index (χ4n) is 2.03. The van der Waals surface area contributed by atoms with E-state index in [2.05, 4.69) is 10.1 Å². The highest BCUT2D eigenvalue weighted by Gasteiger charge is 2.37. The summed E-state index contributed by atoms with van der Waals surface area (Å²) in [6, 6.07) is 0. The predicted octanol–water partition coefficient (Wildman–Crippen LogP) is 0.00750. The summed E-state index contributed by atoms with van der Waals surface area (Å²) >= 11 is 0. The van der Waals surface area contributed by atoms with Crippen molar-refractivity contribution in [3.63, 3.8) is 0 Å². The van der Waals surface area contributed by atoms with Crippen LogP contribution in [0.2, 0.25) is 0 Å². The van der Waals surface area contributed by atoms with E-state index in [9.17, 15) is 9.59 Å². The number of likely N-dealkylation sites (N-methyl/N-ethyl adjacent to an activating group) is 1. The van der Waals surface area contributed by atoms with Crippen molar-refractivity contribution in [2.75, 3.05) is 33.8 Å². The van der Waals surface area contributed by atoms with Crippen LogP contribution in [-0.2, 0) is 14.3 Å². The van der Waals surface area contributed by atoms with Crippen LogP contribution < -0.4 is 5.32 Å². The van der Waals surface area contributed by atoms with Gasteiger partial charge in [0.05, 0.1) is 12.5 Å². The first-order valence-corrected chi connectivity index (χ1v) is 5.53. The Kier molecular flexibility index (Phi) is 4.29. The van der Waals surface area contributed by atoms with E-state index in [1.54, 1.807) is 7.05 Å². The van der Waals surface area contributed by atoms with E-state index in [4.69, 9.17) is 0 Å². The monoisotopic (exact) mass is 228 g/mol. The number of hydrogen-bond donors (Lipinski definition) is 1. The standard InChI is InChI=1S/C11H20N2O3/c1-11(5-4-6-12-8-11)10(15)13(2)7-9(14)16-3/h12H,4-8H2,1-3H3. The number of rotatable bonds is 3. The van der Waals surface area contributed by atoms with Crippen LogP contribution in [0.25, 0.3) is 0 Å². The van der Waals surface area contributed by atoms with Crippen molar-refractivity contribution < 1.29 is 14.3 Å². The third kappa shape index (κ3) is 2.95. The third-order valence-electron chi connectivity index (χ3n) is 3.05. The number of ether oxygens (including phenoxy) is 1. The molecule has 5 nitrogen and oxygen atoms in total. The van der Waals surface area contributed by atoms with Crippen molar-refractivity contribution in [1.29, 1.82) is 0 Å². The lowest BCUT2D eigenvalue weighted by molar-refractivity contribution is -0.150. The van der Waals surface area contributed by atoms with Crippen LogP contribution in [-0.4, -0.2) is 50.6 Å². The zero-order chi connectivity index (χ0) is 12.2. The molecule has 92 valence electrons. The first-order valence-electron chi connectivity index (χ1n) is 5.53. The molecule has 1 saturated heterocycles. The SMILES string of the molecule is COC(=O)CN(C)C(=O)C1(C)CCCNC1. The number of methoxy groups -OCH3 is 1. The molecule has 5 heteroatoms. The summed E-state index contributed by atoms with van der Waals surface area (Å²) in [6.07, 6.45) is 1.86. The highest BCUT2D eigenvalue weighted by molar-refractivity contribution is 5.86. The average molecular weight is 228 g/mol. The maximum atomic E-state index is 12.1. The van der Waals surface area contributed by atoms with E-state index in [1.165, 1.54) is 12.0 Å². The van der Waals surface area contributed by atoms with Crippen LogP contribution in [0, 0.1) is 5.41 Å². The molecule has 16 heavy (non-hydrogen) atoms. The summed E-state index contributed by atoms with van der Waals surface area (Å²) in [6.45, 7) is 3.60. The maximum Gasteiger partial charge on any atom is 0.325 e. The molecule has 1 heterocycles. The normalized spacial score (nSPS) is 24.9. The molecule has 1 amide bonds. The van der Waals surface area contributed by atoms with Gasteiger partial charge in [-0.15, -0.1) is 0 Å². The molecular weight excluding hydrogens is 208 g/mol. The molecule has 0 saturated carbocycles. The minimum Gasteiger partial charge on any atom is -0.468 e. The number of esters is 1. The quantitative estimate of drug-likeness (QED) is 0.691. The average Bonchev–Trinajstić information content (AvgIpc) is 2.28. The summed E-state index contributed by atoms with van der Waals surface area (Å²) < 4.78 is 4.54. The fraction of sp³-hybridized carbons (Fsp3) is 0.818. The van der Waals surface area contributed by atoms with E-state index in [-0.39, 0.29) is 23.8 Å². The minimum atomic E-state index is -0.388. The molecule has 0 aromatic carbocycles. The van der Waals surface area contributed by atoms with Crippen molar-refractivity contribution >= 4 is 11.9 Å². The maximum absolute atomic E-state index is 12.1. The summed E-state index contributed by atoms with van der Waals surface area (Å²) in [5, 5.41) is 3.21. The number of piperidine rings is 1. The largest absolute Gasteiger partial charge is 0.468 e. The van der Waals surface area contributed by atoms with Crippen molar-refractivity contribution in [1.82, 2.24) is 10.2 Å². The molecule has 1 N–H and O–H groups in total. The minimum absolute atomic E-state index is 0.00472. The van der Waals surface area contributed by atoms with Gasteiger partial charge < -0.3 is 15.0 Å². The fourth-order valence-corrected chi connectivity index (χ4v) is 2.03. The van der Waals surface area contributed by atoms with Crippen molar-refractivity contribution in [2.24, 2.45) is 5.41 Å². The van der Waals surface area contributed by atoms with Gasteiger partial charge in [-0.2, -0.15) is 0 Å². The molecule has 1 rings (SSSR count). The molecule has 0 spiro atoms. The van der Waals surface area contributed by atoms with Gasteiger partial charge >= 0.3 is 5.97 Å². The topological polar surface area (TPSA) is 58.6 Å². The van der Waals surface area contributed by atoms with Crippen LogP contribution in [0.15, 0.2) is 0 Å². The molecule has 0 aromatic heterocycles. The first kappa shape index (κ1) is 13.0. The van der Waals surface area contributed by atoms with Crippen LogP contribution in [0.5, 0.6) is 0 Å². The van der Waals surface area contributed by atoms with E-state index in [0.717, 1.165) is 19.4 Å². The highest BCUT2D eigenvalue weighted by Crippen LogP contribution is 2.27. The Morgan fingerprint density at radius 3 is 2.69 bits per heavy atom. The second-order valence-corrected chi connectivity index (χ2v) is 4.58. The molecule has 0 bridgehead atoms. The lowest BCUT2D eigenvalue weighted by Gasteiger charge is -2.35. The molecule has 1 aliphatic heterocycles. The van der Waals surface area contributed by atoms with Gasteiger partial charge in [-0.1, -0.05) is 0 Å². The summed E-state index contributed by atoms with van der Waals surface area (Å²) in [7, 11) is 2.96. The molecule has 1 fully saturated rings. The van der Waals surface area contributed by atoms with Gasteiger partial charge in [0.25, 0.3) is 0 Å². The van der Waals surface area contributed by atoms with Gasteiger partial charge in [-0.25, -0.2) is 0 Å². The highest BCUT2D eigenvalue weighted by atomic mass is 16.5. The van der Waals surface area contributed by atoms with Crippen LogP contribution >= 0.6 is 0 Å². The van der Waals surface area contributed by atoms with Crippen molar-refractivity contribution in [3.05, 3.63) is 0 Å². The molecule has 0 radical (unpaired) electrons. The number of nitrogens with one attached hydrogen (secondary N) is 1. The number of carbonyl (C=O) groups excluding carboxylic acids is 2. The molecule has 0 aromatic rings. The van der Waals surface area contributed by atoms with E-state index >= 15 is 0 Å². The molecule has 1 atom stereocenters. The molecule has 0 aliphatic carbocycles. The van der Waals surface area contributed by atoms with Gasteiger partial charge in [-0.05, 0) is 26.3 Å². The third-order valence-corrected chi connectivity index (χ3v) is 3.05. The van der Waals surface area contributed by atoms with Gasteiger partial charge in [-0.3, -0.25) is 9.59 Å². The van der Waals surface area contributed by atoms with Crippen LogP contribution in [0.3, 0.4) is 0 Å². The Morgan fingerprint density at radius 1 is 1.50 bits per heavy atom. The zero-order valence-corrected chi connectivity index (χ0v) is 10.2. The van der Waals surface area contributed by atoms with Gasteiger partial charge in [0, 0.05) is 13.6 Å². The van der Waals surface area contributed by atoms with Crippen molar-refractivity contribution in [2.45, 2.75) is 19.8 Å². The molecular formula is C11H20N2O3. The number of hydrogen-bond acceptors (Lipinski definition) is 4. The zero-order valence-electron chi connectivity index (χ0n) is 10.2. The van der Waals surface area contributed by atoms with Crippen LogP contribution in [0.4, 0.5) is 0 Å². The predicted molar refractivity (Wildman–Crippen MR) is 59.9 cm³/mol. The summed E-state index contributed by atoms with van der Waals surface area (Å²) in [5.41, 5.74) is -0.388. The van der Waals surface area contributed by atoms with E-state index in [1.807, 2.05) is 6.92 Å². The van der Waals surface area contributed by atoms with Gasteiger partial charge in [0.15, 0.2) is 0 Å². The Labute approximate surface area is 96.1 Å². The van der Waals surface area contributed by atoms with Crippen LogP contribution in [0.1, 0.15) is 19.8 Å². The Balaban J connectivity index is 2.58. The molecule has 1 aliphatic rings. The number of amides is 1. The van der Waals surface area contributed by atoms with E-state index < -0.39 is 0 Å². The first-order chi connectivity index (χ1) is 7.49. The van der Waals surface area contributed by atoms with Gasteiger partial charge in [0.2, 0.25) is 5.91 Å². The Hall–Kier alpha value is -1.10. The lowest BCUT2D eigenvalue weighted by Crippen LogP contribution is -2.50. The number of nitrogens with zero attached hydrogens (tertiary/aromatic N) is 1. The smallest absolute Gasteiger partial charge is 0.325 e.